The van der Waals surface area contributed by atoms with Gasteiger partial charge in [-0.2, -0.15) is 22.0 Å². The van der Waals surface area contributed by atoms with Crippen LogP contribution in [0.3, 0.4) is 0 Å². The lowest BCUT2D eigenvalue weighted by Gasteiger charge is -2.27. The van der Waals surface area contributed by atoms with Crippen molar-refractivity contribution in [3.05, 3.63) is 42.0 Å². The first-order valence-electron chi connectivity index (χ1n) is 8.11. The fourth-order valence-electron chi connectivity index (χ4n) is 3.10. The molecule has 0 unspecified atom stereocenters. The van der Waals surface area contributed by atoms with Crippen LogP contribution in [-0.4, -0.2) is 12.8 Å². The molecule has 0 aromatic heterocycles. The van der Waals surface area contributed by atoms with Crippen molar-refractivity contribution in [3.63, 3.8) is 0 Å². The smallest absolute Gasteiger partial charge is 0.389 e. The van der Waals surface area contributed by atoms with E-state index in [0.29, 0.717) is 11.8 Å². The minimum Gasteiger partial charge on any atom is -0.435 e. The van der Waals surface area contributed by atoms with Crippen molar-refractivity contribution < 1.29 is 26.7 Å². The summed E-state index contributed by atoms with van der Waals surface area (Å²) >= 11 is 0. The van der Waals surface area contributed by atoms with Crippen LogP contribution in [0.15, 0.2) is 36.4 Å². The summed E-state index contributed by atoms with van der Waals surface area (Å²) in [6, 6.07) is 6.71. The molecule has 0 heterocycles. The molecule has 24 heavy (non-hydrogen) atoms. The average molecular weight is 348 g/mol. The number of rotatable bonds is 6. The molecule has 0 aliphatic heterocycles. The Kier molecular flexibility index (Phi) is 6.63. The van der Waals surface area contributed by atoms with Gasteiger partial charge in [-0.05, 0) is 61.6 Å². The molecule has 6 heteroatoms. The van der Waals surface area contributed by atoms with Gasteiger partial charge in [-0.1, -0.05) is 24.3 Å². The van der Waals surface area contributed by atoms with Crippen molar-refractivity contribution in [2.24, 2.45) is 5.92 Å². The van der Waals surface area contributed by atoms with Gasteiger partial charge in [-0.15, -0.1) is 0 Å². The van der Waals surface area contributed by atoms with E-state index in [1.807, 2.05) is 18.2 Å². The van der Waals surface area contributed by atoms with Gasteiger partial charge >= 0.3 is 12.8 Å². The van der Waals surface area contributed by atoms with Crippen LogP contribution in [0.1, 0.15) is 50.0 Å². The zero-order valence-electron chi connectivity index (χ0n) is 13.2. The summed E-state index contributed by atoms with van der Waals surface area (Å²) in [4.78, 5) is 0. The monoisotopic (exact) mass is 348 g/mol. The van der Waals surface area contributed by atoms with E-state index in [2.05, 4.69) is 4.74 Å². The predicted molar refractivity (Wildman–Crippen MR) is 82.2 cm³/mol. The molecule has 1 aromatic carbocycles. The summed E-state index contributed by atoms with van der Waals surface area (Å²) < 4.78 is 64.8. The van der Waals surface area contributed by atoms with Crippen molar-refractivity contribution >= 4 is 0 Å². The molecule has 1 nitrogen and oxygen atoms in total. The zero-order chi connectivity index (χ0) is 17.6. The summed E-state index contributed by atoms with van der Waals surface area (Å²) in [6.07, 6.45) is 2.47. The molecule has 1 saturated carbocycles. The molecule has 1 fully saturated rings. The van der Waals surface area contributed by atoms with Gasteiger partial charge in [0.1, 0.15) is 5.75 Å². The third kappa shape index (κ3) is 6.49. The molecule has 2 rings (SSSR count). The van der Waals surface area contributed by atoms with Crippen LogP contribution in [-0.2, 0) is 0 Å². The van der Waals surface area contributed by atoms with E-state index in [-0.39, 0.29) is 12.2 Å². The van der Waals surface area contributed by atoms with Crippen molar-refractivity contribution in [1.82, 2.24) is 0 Å². The van der Waals surface area contributed by atoms with E-state index >= 15 is 0 Å². The molecule has 0 atom stereocenters. The van der Waals surface area contributed by atoms with Gasteiger partial charge in [0, 0.05) is 6.42 Å². The molecule has 0 amide bonds. The number of hydrogen-bond donors (Lipinski definition) is 0. The largest absolute Gasteiger partial charge is 0.435 e. The Morgan fingerprint density at radius 1 is 1.04 bits per heavy atom. The second-order valence-corrected chi connectivity index (χ2v) is 6.14. The lowest BCUT2D eigenvalue weighted by Crippen LogP contribution is -2.12. The van der Waals surface area contributed by atoms with Gasteiger partial charge in [0.05, 0.1) is 0 Å². The SMILES string of the molecule is FC(F)Oc1ccc([C@H]2CC[C@H](C=CCCC(F)(F)F)CC2)cc1. The lowest BCUT2D eigenvalue weighted by atomic mass is 9.78. The maximum atomic E-state index is 12.1. The standard InChI is InChI=1S/C18H21F5O/c19-17(20)24-16-10-8-15(9-11-16)14-6-4-13(5-7-14)3-1-2-12-18(21,22)23/h1,3,8-11,13-14,17H,2,4-7,12H2/t13-,14-. The Hall–Kier alpha value is -1.59. The normalized spacial score (nSPS) is 22.2. The van der Waals surface area contributed by atoms with E-state index in [4.69, 9.17) is 0 Å². The molecule has 1 aromatic rings. The summed E-state index contributed by atoms with van der Waals surface area (Å²) in [5.74, 6) is 0.844. The highest BCUT2D eigenvalue weighted by Crippen LogP contribution is 2.37. The van der Waals surface area contributed by atoms with Crippen LogP contribution in [0.4, 0.5) is 22.0 Å². The molecular weight excluding hydrogens is 327 g/mol. The second kappa shape index (κ2) is 8.49. The highest BCUT2D eigenvalue weighted by Gasteiger charge is 2.25. The maximum Gasteiger partial charge on any atom is 0.389 e. The van der Waals surface area contributed by atoms with E-state index in [0.717, 1.165) is 31.2 Å². The highest BCUT2D eigenvalue weighted by molar-refractivity contribution is 5.29. The van der Waals surface area contributed by atoms with Gasteiger partial charge in [-0.3, -0.25) is 0 Å². The number of alkyl halides is 5. The fourth-order valence-corrected chi connectivity index (χ4v) is 3.10. The third-order valence-electron chi connectivity index (χ3n) is 4.35. The first-order valence-corrected chi connectivity index (χ1v) is 8.11. The number of ether oxygens (including phenoxy) is 1. The highest BCUT2D eigenvalue weighted by atomic mass is 19.4. The van der Waals surface area contributed by atoms with E-state index < -0.39 is 19.2 Å². The topological polar surface area (TPSA) is 9.23 Å². The van der Waals surface area contributed by atoms with Crippen molar-refractivity contribution in [3.8, 4) is 5.75 Å². The molecule has 0 bridgehead atoms. The Labute approximate surface area is 138 Å². The molecule has 0 N–H and O–H groups in total. The molecule has 134 valence electrons. The summed E-state index contributed by atoms with van der Waals surface area (Å²) in [5, 5.41) is 0. The van der Waals surface area contributed by atoms with Gasteiger partial charge in [-0.25, -0.2) is 0 Å². The molecule has 0 radical (unpaired) electrons. The van der Waals surface area contributed by atoms with Crippen molar-refractivity contribution in [2.75, 3.05) is 0 Å². The van der Waals surface area contributed by atoms with Crippen LogP contribution < -0.4 is 4.74 Å². The van der Waals surface area contributed by atoms with Crippen LogP contribution in [0.25, 0.3) is 0 Å². The number of halogens is 5. The van der Waals surface area contributed by atoms with Crippen LogP contribution >= 0.6 is 0 Å². The van der Waals surface area contributed by atoms with Gasteiger partial charge < -0.3 is 4.74 Å². The van der Waals surface area contributed by atoms with Gasteiger partial charge in [0.25, 0.3) is 0 Å². The van der Waals surface area contributed by atoms with E-state index in [9.17, 15) is 22.0 Å². The summed E-state index contributed by atoms with van der Waals surface area (Å²) in [5.41, 5.74) is 1.09. The minimum atomic E-state index is -4.10. The van der Waals surface area contributed by atoms with Crippen LogP contribution in [0, 0.1) is 5.92 Å². The maximum absolute atomic E-state index is 12.1. The molecule has 0 spiro atoms. The molecule has 1 aliphatic carbocycles. The Morgan fingerprint density at radius 3 is 2.21 bits per heavy atom. The number of allylic oxidation sites excluding steroid dienone is 2. The van der Waals surface area contributed by atoms with Crippen molar-refractivity contribution in [2.45, 2.75) is 57.2 Å². The molecular formula is C18H21F5O. The predicted octanol–water partition coefficient (Wildman–Crippen LogP) is 6.46. The summed E-state index contributed by atoms with van der Waals surface area (Å²) in [6.45, 7) is -2.82. The molecule has 1 aliphatic rings. The van der Waals surface area contributed by atoms with Crippen LogP contribution in [0.5, 0.6) is 5.75 Å². The van der Waals surface area contributed by atoms with Crippen molar-refractivity contribution in [1.29, 1.82) is 0 Å². The Balaban J connectivity index is 1.77. The quantitative estimate of drug-likeness (QED) is 0.423. The first-order chi connectivity index (χ1) is 11.3. The number of hydrogen-bond acceptors (Lipinski definition) is 1. The lowest BCUT2D eigenvalue weighted by molar-refractivity contribution is -0.133. The van der Waals surface area contributed by atoms with Gasteiger partial charge in [0.2, 0.25) is 0 Å². The average Bonchev–Trinajstić information content (AvgIpc) is 2.52. The van der Waals surface area contributed by atoms with E-state index in [1.54, 1.807) is 18.2 Å². The third-order valence-corrected chi connectivity index (χ3v) is 4.35. The Bertz CT molecular complexity index is 513. The van der Waals surface area contributed by atoms with Crippen LogP contribution in [0.2, 0.25) is 0 Å². The Morgan fingerprint density at radius 2 is 1.67 bits per heavy atom. The second-order valence-electron chi connectivity index (χ2n) is 6.14. The van der Waals surface area contributed by atoms with E-state index in [1.165, 1.54) is 0 Å². The summed E-state index contributed by atoms with van der Waals surface area (Å²) in [7, 11) is 0. The van der Waals surface area contributed by atoms with Gasteiger partial charge in [0.15, 0.2) is 0 Å². The zero-order valence-corrected chi connectivity index (χ0v) is 13.2. The first kappa shape index (κ1) is 18.7. The number of benzene rings is 1. The fraction of sp³-hybridized carbons (Fsp3) is 0.556. The minimum absolute atomic E-state index is 0.0367. The molecule has 0 saturated heterocycles.